The van der Waals surface area contributed by atoms with Crippen LogP contribution < -0.4 is 10.6 Å². The van der Waals surface area contributed by atoms with E-state index in [1.807, 2.05) is 6.07 Å². The van der Waals surface area contributed by atoms with Crippen LogP contribution in [0.25, 0.3) is 0 Å². The Morgan fingerprint density at radius 1 is 1.43 bits per heavy atom. The second kappa shape index (κ2) is 5.39. The second-order valence-corrected chi connectivity index (χ2v) is 6.00. The molecule has 4 amide bonds. The third-order valence-electron chi connectivity index (χ3n) is 4.32. The Kier molecular flexibility index (Phi) is 3.52. The van der Waals surface area contributed by atoms with Crippen molar-refractivity contribution >= 4 is 23.5 Å². The van der Waals surface area contributed by atoms with Crippen LogP contribution in [0.15, 0.2) is 24.3 Å². The van der Waals surface area contributed by atoms with Gasteiger partial charge in [0.15, 0.2) is 0 Å². The SMILES string of the molecule is C[C@@]1(C2CC2)NC(=O)N(CC(=O)Nc2ccccc2C#N)C1=O. The Morgan fingerprint density at radius 2 is 2.13 bits per heavy atom. The molecule has 0 radical (unpaired) electrons. The smallest absolute Gasteiger partial charge is 0.323 e. The Balaban J connectivity index is 1.70. The quantitative estimate of drug-likeness (QED) is 0.816. The van der Waals surface area contributed by atoms with E-state index in [-0.39, 0.29) is 18.4 Å². The third kappa shape index (κ3) is 2.63. The van der Waals surface area contributed by atoms with Crippen LogP contribution in [0.1, 0.15) is 25.3 Å². The molecule has 118 valence electrons. The van der Waals surface area contributed by atoms with Crippen molar-refractivity contribution in [1.29, 1.82) is 5.26 Å². The lowest BCUT2D eigenvalue weighted by molar-refractivity contribution is -0.134. The standard InChI is InChI=1S/C16H16N4O3/c1-16(11-6-7-11)14(22)20(15(23)19-16)9-13(21)18-12-5-3-2-4-10(12)8-17/h2-5,11H,6-7,9H2,1H3,(H,18,21)(H,19,23)/t16-/m0/s1. The molecule has 1 aliphatic carbocycles. The van der Waals surface area contributed by atoms with Crippen LogP contribution in [0.4, 0.5) is 10.5 Å². The molecule has 1 saturated heterocycles. The van der Waals surface area contributed by atoms with Gasteiger partial charge in [-0.3, -0.25) is 14.5 Å². The molecule has 2 fully saturated rings. The summed E-state index contributed by atoms with van der Waals surface area (Å²) in [4.78, 5) is 37.5. The molecule has 2 aliphatic rings. The molecular formula is C16H16N4O3. The fraction of sp³-hybridized carbons (Fsp3) is 0.375. The highest BCUT2D eigenvalue weighted by Crippen LogP contribution is 2.42. The van der Waals surface area contributed by atoms with E-state index in [9.17, 15) is 14.4 Å². The van der Waals surface area contributed by atoms with Gasteiger partial charge in [0, 0.05) is 0 Å². The maximum absolute atomic E-state index is 12.4. The topological polar surface area (TPSA) is 102 Å². The van der Waals surface area contributed by atoms with Gasteiger partial charge in [-0.05, 0) is 37.8 Å². The lowest BCUT2D eigenvalue weighted by Crippen LogP contribution is -2.46. The normalized spacial score (nSPS) is 23.4. The predicted octanol–water partition coefficient (Wildman–Crippen LogP) is 1.22. The first-order valence-corrected chi connectivity index (χ1v) is 7.39. The van der Waals surface area contributed by atoms with Crippen molar-refractivity contribution in [2.24, 2.45) is 5.92 Å². The highest BCUT2D eigenvalue weighted by Gasteiger charge is 2.56. The van der Waals surface area contributed by atoms with Crippen LogP contribution in [0, 0.1) is 17.2 Å². The van der Waals surface area contributed by atoms with Crippen LogP contribution in [0.3, 0.4) is 0 Å². The molecule has 1 aromatic carbocycles. The molecule has 3 rings (SSSR count). The molecule has 0 aromatic heterocycles. The summed E-state index contributed by atoms with van der Waals surface area (Å²) >= 11 is 0. The van der Waals surface area contributed by atoms with E-state index in [2.05, 4.69) is 10.6 Å². The van der Waals surface area contributed by atoms with Gasteiger partial charge in [0.25, 0.3) is 5.91 Å². The van der Waals surface area contributed by atoms with Crippen LogP contribution in [-0.2, 0) is 9.59 Å². The van der Waals surface area contributed by atoms with Crippen LogP contribution in [0.5, 0.6) is 0 Å². The first-order chi connectivity index (χ1) is 11.0. The highest BCUT2D eigenvalue weighted by molar-refractivity contribution is 6.10. The first kappa shape index (κ1) is 15.0. The van der Waals surface area contributed by atoms with E-state index in [0.717, 1.165) is 17.7 Å². The number of hydrogen-bond acceptors (Lipinski definition) is 4. The number of amides is 4. The molecule has 1 atom stereocenters. The molecule has 1 saturated carbocycles. The molecule has 7 heteroatoms. The Bertz CT molecular complexity index is 735. The summed E-state index contributed by atoms with van der Waals surface area (Å²) in [5.41, 5.74) is -0.222. The summed E-state index contributed by atoms with van der Waals surface area (Å²) in [5, 5.41) is 14.3. The fourth-order valence-corrected chi connectivity index (χ4v) is 2.82. The summed E-state index contributed by atoms with van der Waals surface area (Å²) in [7, 11) is 0. The zero-order valence-electron chi connectivity index (χ0n) is 12.6. The minimum atomic E-state index is -0.901. The average molecular weight is 312 g/mol. The number of imide groups is 1. The van der Waals surface area contributed by atoms with Gasteiger partial charge < -0.3 is 10.6 Å². The van der Waals surface area contributed by atoms with E-state index in [4.69, 9.17) is 5.26 Å². The van der Waals surface area contributed by atoms with Crippen molar-refractivity contribution in [2.45, 2.75) is 25.3 Å². The van der Waals surface area contributed by atoms with Crippen LogP contribution in [0.2, 0.25) is 0 Å². The van der Waals surface area contributed by atoms with Gasteiger partial charge >= 0.3 is 6.03 Å². The zero-order chi connectivity index (χ0) is 16.6. The van der Waals surface area contributed by atoms with Crippen LogP contribution in [-0.4, -0.2) is 34.8 Å². The molecular weight excluding hydrogens is 296 g/mol. The molecule has 2 N–H and O–H groups in total. The highest BCUT2D eigenvalue weighted by atomic mass is 16.2. The van der Waals surface area contributed by atoms with Crippen molar-refractivity contribution in [3.8, 4) is 6.07 Å². The van der Waals surface area contributed by atoms with E-state index in [0.29, 0.717) is 11.3 Å². The van der Waals surface area contributed by atoms with E-state index in [1.54, 1.807) is 31.2 Å². The number of carbonyl (C=O) groups excluding carboxylic acids is 3. The number of carbonyl (C=O) groups is 3. The lowest BCUT2D eigenvalue weighted by atomic mass is 9.96. The Labute approximate surface area is 133 Å². The van der Waals surface area contributed by atoms with Gasteiger partial charge in [0.05, 0.1) is 11.3 Å². The third-order valence-corrected chi connectivity index (χ3v) is 4.32. The summed E-state index contributed by atoms with van der Waals surface area (Å²) in [6, 6.07) is 7.97. The summed E-state index contributed by atoms with van der Waals surface area (Å²) < 4.78 is 0. The number of nitrogens with zero attached hydrogens (tertiary/aromatic N) is 2. The van der Waals surface area contributed by atoms with E-state index < -0.39 is 17.5 Å². The second-order valence-electron chi connectivity index (χ2n) is 6.00. The number of urea groups is 1. The van der Waals surface area contributed by atoms with E-state index >= 15 is 0 Å². The molecule has 0 bridgehead atoms. The Hall–Kier alpha value is -2.88. The van der Waals surface area contributed by atoms with Crippen molar-refractivity contribution in [1.82, 2.24) is 10.2 Å². The number of hydrogen-bond donors (Lipinski definition) is 2. The number of nitriles is 1. The minimum Gasteiger partial charge on any atom is -0.323 e. The van der Waals surface area contributed by atoms with Gasteiger partial charge in [0.2, 0.25) is 5.91 Å². The van der Waals surface area contributed by atoms with Crippen molar-refractivity contribution in [3.05, 3.63) is 29.8 Å². The molecule has 7 nitrogen and oxygen atoms in total. The van der Waals surface area contributed by atoms with Crippen molar-refractivity contribution < 1.29 is 14.4 Å². The molecule has 1 aliphatic heterocycles. The Morgan fingerprint density at radius 3 is 2.78 bits per heavy atom. The fourth-order valence-electron chi connectivity index (χ4n) is 2.82. The van der Waals surface area contributed by atoms with Gasteiger partial charge in [-0.1, -0.05) is 12.1 Å². The number of anilines is 1. The molecule has 1 heterocycles. The van der Waals surface area contributed by atoms with Gasteiger partial charge in [-0.25, -0.2) is 4.79 Å². The zero-order valence-corrected chi connectivity index (χ0v) is 12.6. The largest absolute Gasteiger partial charge is 0.325 e. The van der Waals surface area contributed by atoms with Crippen molar-refractivity contribution in [2.75, 3.05) is 11.9 Å². The summed E-state index contributed by atoms with van der Waals surface area (Å²) in [5.74, 6) is -0.740. The van der Waals surface area contributed by atoms with Gasteiger partial charge in [-0.2, -0.15) is 5.26 Å². The number of rotatable bonds is 4. The van der Waals surface area contributed by atoms with Crippen LogP contribution >= 0.6 is 0 Å². The monoisotopic (exact) mass is 312 g/mol. The number of benzene rings is 1. The minimum absolute atomic E-state index is 0.145. The predicted molar refractivity (Wildman–Crippen MR) is 81.2 cm³/mol. The maximum atomic E-state index is 12.4. The first-order valence-electron chi connectivity index (χ1n) is 7.39. The maximum Gasteiger partial charge on any atom is 0.325 e. The molecule has 0 spiro atoms. The number of nitrogens with one attached hydrogen (secondary N) is 2. The van der Waals surface area contributed by atoms with E-state index in [1.165, 1.54) is 0 Å². The number of para-hydroxylation sites is 1. The summed E-state index contributed by atoms with van der Waals surface area (Å²) in [6.07, 6.45) is 1.80. The molecule has 23 heavy (non-hydrogen) atoms. The molecule has 0 unspecified atom stereocenters. The van der Waals surface area contributed by atoms with Gasteiger partial charge in [-0.15, -0.1) is 0 Å². The van der Waals surface area contributed by atoms with Gasteiger partial charge in [0.1, 0.15) is 18.2 Å². The van der Waals surface area contributed by atoms with Crippen molar-refractivity contribution in [3.63, 3.8) is 0 Å². The average Bonchev–Trinajstić information content (AvgIpc) is 3.34. The molecule has 1 aromatic rings. The lowest BCUT2D eigenvalue weighted by Gasteiger charge is -2.20. The summed E-state index contributed by atoms with van der Waals surface area (Å²) in [6.45, 7) is 1.33.